The van der Waals surface area contributed by atoms with Gasteiger partial charge in [-0.25, -0.2) is 4.98 Å². The van der Waals surface area contributed by atoms with Crippen molar-refractivity contribution in [1.82, 2.24) is 4.98 Å². The van der Waals surface area contributed by atoms with Crippen molar-refractivity contribution < 1.29 is 0 Å². The predicted octanol–water partition coefficient (Wildman–Crippen LogP) is 2.30. The van der Waals surface area contributed by atoms with E-state index >= 15 is 0 Å². The molecule has 1 heterocycles. The summed E-state index contributed by atoms with van der Waals surface area (Å²) < 4.78 is 0. The molecule has 0 radical (unpaired) electrons. The van der Waals surface area contributed by atoms with E-state index in [1.807, 2.05) is 13.8 Å². The van der Waals surface area contributed by atoms with Crippen molar-refractivity contribution in [1.29, 1.82) is 0 Å². The number of aromatic nitrogens is 1. The number of nitrogens with one attached hydrogen (secondary N) is 1. The number of rotatable bonds is 5. The molecule has 1 rings (SSSR count). The minimum atomic E-state index is 0.302. The summed E-state index contributed by atoms with van der Waals surface area (Å²) >= 11 is 1.72. The van der Waals surface area contributed by atoms with Crippen LogP contribution in [0, 0.1) is 13.8 Å². The van der Waals surface area contributed by atoms with Crippen LogP contribution >= 0.6 is 11.3 Å². The van der Waals surface area contributed by atoms with E-state index in [1.54, 1.807) is 11.3 Å². The molecule has 0 amide bonds. The van der Waals surface area contributed by atoms with Crippen LogP contribution in [0.1, 0.15) is 30.3 Å². The number of hydrogen-bond donors (Lipinski definition) is 2. The molecule has 80 valence electrons. The molecule has 0 aliphatic carbocycles. The van der Waals surface area contributed by atoms with Crippen molar-refractivity contribution >= 4 is 16.5 Å². The van der Waals surface area contributed by atoms with Crippen LogP contribution in [-0.2, 0) is 0 Å². The molecule has 1 atom stereocenters. The van der Waals surface area contributed by atoms with Crippen molar-refractivity contribution in [2.45, 2.75) is 39.7 Å². The molecule has 0 saturated carbocycles. The Balaban J connectivity index is 2.25. The molecule has 0 aromatic carbocycles. The lowest BCUT2D eigenvalue weighted by atomic mass is 10.2. The molecule has 0 aliphatic heterocycles. The maximum atomic E-state index is 5.66. The molecule has 3 nitrogen and oxygen atoms in total. The van der Waals surface area contributed by atoms with Gasteiger partial charge in [-0.15, -0.1) is 11.3 Å². The van der Waals surface area contributed by atoms with Gasteiger partial charge >= 0.3 is 0 Å². The van der Waals surface area contributed by atoms with Gasteiger partial charge < -0.3 is 11.1 Å². The summed E-state index contributed by atoms with van der Waals surface area (Å²) in [6.07, 6.45) is 2.17. The molecule has 4 heteroatoms. The topological polar surface area (TPSA) is 50.9 Å². The van der Waals surface area contributed by atoms with Gasteiger partial charge in [0.2, 0.25) is 0 Å². The zero-order valence-corrected chi connectivity index (χ0v) is 9.95. The van der Waals surface area contributed by atoms with E-state index in [0.29, 0.717) is 6.04 Å². The smallest absolute Gasteiger partial charge is 0.183 e. The monoisotopic (exact) mass is 213 g/mol. The van der Waals surface area contributed by atoms with Gasteiger partial charge in [0.25, 0.3) is 0 Å². The van der Waals surface area contributed by atoms with Gasteiger partial charge in [0.05, 0.1) is 5.69 Å². The molecule has 1 aromatic rings. The van der Waals surface area contributed by atoms with Crippen LogP contribution in [0.2, 0.25) is 0 Å². The highest BCUT2D eigenvalue weighted by Crippen LogP contribution is 2.20. The number of anilines is 1. The van der Waals surface area contributed by atoms with E-state index in [2.05, 4.69) is 17.2 Å². The first-order chi connectivity index (χ1) is 6.59. The fourth-order valence-electron chi connectivity index (χ4n) is 1.17. The average molecular weight is 213 g/mol. The van der Waals surface area contributed by atoms with E-state index in [-0.39, 0.29) is 0 Å². The number of nitrogens with two attached hydrogens (primary N) is 1. The third-order valence-corrected chi connectivity index (χ3v) is 3.17. The van der Waals surface area contributed by atoms with E-state index in [9.17, 15) is 0 Å². The maximum absolute atomic E-state index is 5.66. The van der Waals surface area contributed by atoms with Crippen LogP contribution in [0.3, 0.4) is 0 Å². The SMILES string of the molecule is Cc1nc(NCCCC(C)N)sc1C. The molecular formula is C10H19N3S. The molecular weight excluding hydrogens is 194 g/mol. The average Bonchev–Trinajstić information content (AvgIpc) is 2.40. The summed E-state index contributed by atoms with van der Waals surface area (Å²) in [6.45, 7) is 7.14. The normalized spacial score (nSPS) is 12.9. The second-order valence-corrected chi connectivity index (χ2v) is 4.91. The first-order valence-corrected chi connectivity index (χ1v) is 5.84. The Hall–Kier alpha value is -0.610. The highest BCUT2D eigenvalue weighted by Gasteiger charge is 2.02. The molecule has 0 spiro atoms. The van der Waals surface area contributed by atoms with Crippen LogP contribution in [-0.4, -0.2) is 17.6 Å². The highest BCUT2D eigenvalue weighted by molar-refractivity contribution is 7.15. The number of thiazole rings is 1. The van der Waals surface area contributed by atoms with Crippen LogP contribution in [0.25, 0.3) is 0 Å². The minimum absolute atomic E-state index is 0.302. The zero-order chi connectivity index (χ0) is 10.6. The van der Waals surface area contributed by atoms with E-state index < -0.39 is 0 Å². The second-order valence-electron chi connectivity index (χ2n) is 3.71. The quantitative estimate of drug-likeness (QED) is 0.738. The summed E-state index contributed by atoms with van der Waals surface area (Å²) in [5, 5.41) is 4.35. The maximum Gasteiger partial charge on any atom is 0.183 e. The van der Waals surface area contributed by atoms with Gasteiger partial charge in [0.1, 0.15) is 0 Å². The largest absolute Gasteiger partial charge is 0.362 e. The van der Waals surface area contributed by atoms with E-state index in [1.165, 1.54) is 4.88 Å². The first kappa shape index (κ1) is 11.5. The number of nitrogens with zero attached hydrogens (tertiary/aromatic N) is 1. The van der Waals surface area contributed by atoms with Gasteiger partial charge in [0, 0.05) is 17.5 Å². The zero-order valence-electron chi connectivity index (χ0n) is 9.13. The summed E-state index contributed by atoms with van der Waals surface area (Å²) in [5.41, 5.74) is 6.79. The van der Waals surface area contributed by atoms with Gasteiger partial charge in [0.15, 0.2) is 5.13 Å². The Bertz CT molecular complexity index is 261. The van der Waals surface area contributed by atoms with Crippen molar-refractivity contribution in [3.05, 3.63) is 10.6 Å². The molecule has 1 unspecified atom stereocenters. The Morgan fingerprint density at radius 3 is 2.71 bits per heavy atom. The van der Waals surface area contributed by atoms with Gasteiger partial charge in [-0.3, -0.25) is 0 Å². The minimum Gasteiger partial charge on any atom is -0.362 e. The summed E-state index contributed by atoms with van der Waals surface area (Å²) in [6, 6.07) is 0.302. The number of hydrogen-bond acceptors (Lipinski definition) is 4. The van der Waals surface area contributed by atoms with Gasteiger partial charge in [-0.1, -0.05) is 0 Å². The third-order valence-electron chi connectivity index (χ3n) is 2.14. The Morgan fingerprint density at radius 2 is 2.21 bits per heavy atom. The molecule has 0 aliphatic rings. The highest BCUT2D eigenvalue weighted by atomic mass is 32.1. The first-order valence-electron chi connectivity index (χ1n) is 5.03. The van der Waals surface area contributed by atoms with Gasteiger partial charge in [-0.2, -0.15) is 0 Å². The third kappa shape index (κ3) is 3.64. The van der Waals surface area contributed by atoms with Crippen molar-refractivity contribution in [2.75, 3.05) is 11.9 Å². The molecule has 14 heavy (non-hydrogen) atoms. The van der Waals surface area contributed by atoms with Crippen molar-refractivity contribution in [3.63, 3.8) is 0 Å². The molecule has 0 fully saturated rings. The molecule has 0 bridgehead atoms. The second kappa shape index (κ2) is 5.32. The molecule has 1 aromatic heterocycles. The van der Waals surface area contributed by atoms with Crippen LogP contribution in [0.5, 0.6) is 0 Å². The fourth-order valence-corrected chi connectivity index (χ4v) is 2.01. The molecule has 3 N–H and O–H groups in total. The van der Waals surface area contributed by atoms with Crippen molar-refractivity contribution in [2.24, 2.45) is 5.73 Å². The van der Waals surface area contributed by atoms with Gasteiger partial charge in [-0.05, 0) is 33.6 Å². The standard InChI is InChI=1S/C10H19N3S/c1-7(11)5-4-6-12-10-13-8(2)9(3)14-10/h7H,4-6,11H2,1-3H3,(H,12,13). The fraction of sp³-hybridized carbons (Fsp3) is 0.700. The molecule has 0 saturated heterocycles. The van der Waals surface area contributed by atoms with Crippen molar-refractivity contribution in [3.8, 4) is 0 Å². The lowest BCUT2D eigenvalue weighted by Crippen LogP contribution is -2.16. The Morgan fingerprint density at radius 1 is 1.50 bits per heavy atom. The van der Waals surface area contributed by atoms with E-state index in [0.717, 1.165) is 30.2 Å². The number of aryl methyl sites for hydroxylation is 2. The summed E-state index contributed by atoms with van der Waals surface area (Å²) in [4.78, 5) is 5.69. The summed E-state index contributed by atoms with van der Waals surface area (Å²) in [7, 11) is 0. The lowest BCUT2D eigenvalue weighted by molar-refractivity contribution is 0.639. The lowest BCUT2D eigenvalue weighted by Gasteiger charge is -2.04. The van der Waals surface area contributed by atoms with Crippen LogP contribution in [0.15, 0.2) is 0 Å². The summed E-state index contributed by atoms with van der Waals surface area (Å²) in [5.74, 6) is 0. The van der Waals surface area contributed by atoms with Crippen LogP contribution < -0.4 is 11.1 Å². The predicted molar refractivity (Wildman–Crippen MR) is 63.0 cm³/mol. The van der Waals surface area contributed by atoms with E-state index in [4.69, 9.17) is 5.73 Å². The Kier molecular flexibility index (Phi) is 4.35. The Labute approximate surface area is 89.7 Å². The van der Waals surface area contributed by atoms with Crippen LogP contribution in [0.4, 0.5) is 5.13 Å².